The summed E-state index contributed by atoms with van der Waals surface area (Å²) >= 11 is 1.89. The van der Waals surface area contributed by atoms with Gasteiger partial charge in [0, 0.05) is 36.3 Å². The molecule has 0 bridgehead atoms. The Kier molecular flexibility index (Phi) is 4.57. The molecule has 2 aromatic carbocycles. The van der Waals surface area contributed by atoms with Crippen LogP contribution in [0.2, 0.25) is 0 Å². The second kappa shape index (κ2) is 7.22. The van der Waals surface area contributed by atoms with Gasteiger partial charge < -0.3 is 19.9 Å². The van der Waals surface area contributed by atoms with Gasteiger partial charge in [-0.25, -0.2) is 0 Å². The second-order valence-corrected chi connectivity index (χ2v) is 8.61. The van der Waals surface area contributed by atoms with Gasteiger partial charge in [0.05, 0.1) is 24.3 Å². The van der Waals surface area contributed by atoms with Gasteiger partial charge in [0.2, 0.25) is 0 Å². The quantitative estimate of drug-likeness (QED) is 0.811. The number of nitrogens with one attached hydrogen (secondary N) is 1. The van der Waals surface area contributed by atoms with Crippen molar-refractivity contribution < 1.29 is 4.74 Å². The molecule has 1 fully saturated rings. The van der Waals surface area contributed by atoms with E-state index < -0.39 is 0 Å². The van der Waals surface area contributed by atoms with Crippen molar-refractivity contribution in [3.63, 3.8) is 0 Å². The Morgan fingerprint density at radius 2 is 1.93 bits per heavy atom. The largest absolute Gasteiger partial charge is 0.378 e. The maximum Gasteiger partial charge on any atom is 0.109 e. The molecule has 4 nitrogen and oxygen atoms in total. The number of allylic oxidation sites excluding steroid dienone is 2. The number of nitrogens with zero attached hydrogens (tertiary/aromatic N) is 2. The van der Waals surface area contributed by atoms with Crippen molar-refractivity contribution in [3.8, 4) is 0 Å². The van der Waals surface area contributed by atoms with Crippen LogP contribution in [0.1, 0.15) is 11.1 Å². The SMILES string of the molecule is Cc1cccc2c1NC(C=C1C=C(N3CCOCC3)N(C)c3ccccc31)S2. The zero-order valence-electron chi connectivity index (χ0n) is 16.3. The number of benzene rings is 2. The first-order valence-electron chi connectivity index (χ1n) is 9.83. The molecule has 0 spiro atoms. The molecule has 3 aliphatic heterocycles. The maximum atomic E-state index is 5.56. The molecule has 1 saturated heterocycles. The molecule has 1 unspecified atom stereocenters. The molecule has 3 aliphatic rings. The van der Waals surface area contributed by atoms with E-state index in [9.17, 15) is 0 Å². The van der Waals surface area contributed by atoms with Crippen LogP contribution in [-0.4, -0.2) is 43.6 Å². The Morgan fingerprint density at radius 1 is 1.11 bits per heavy atom. The summed E-state index contributed by atoms with van der Waals surface area (Å²) in [5, 5.41) is 3.94. The molecular weight excluding hydrogens is 366 g/mol. The fourth-order valence-corrected chi connectivity index (χ4v) is 5.31. The molecule has 0 aliphatic carbocycles. The van der Waals surface area contributed by atoms with Gasteiger partial charge in [0.1, 0.15) is 5.82 Å². The van der Waals surface area contributed by atoms with Gasteiger partial charge in [0.15, 0.2) is 0 Å². The van der Waals surface area contributed by atoms with Gasteiger partial charge in [-0.3, -0.25) is 0 Å². The van der Waals surface area contributed by atoms with Crippen molar-refractivity contribution in [3.05, 3.63) is 71.6 Å². The van der Waals surface area contributed by atoms with Gasteiger partial charge in [-0.05, 0) is 42.3 Å². The molecular formula is C23H25N3OS. The minimum atomic E-state index is 0.241. The van der Waals surface area contributed by atoms with Gasteiger partial charge in [-0.2, -0.15) is 0 Å². The Labute approximate surface area is 170 Å². The first kappa shape index (κ1) is 17.7. The second-order valence-electron chi connectivity index (χ2n) is 7.43. The van der Waals surface area contributed by atoms with Crippen molar-refractivity contribution >= 4 is 28.7 Å². The summed E-state index contributed by atoms with van der Waals surface area (Å²) in [6.07, 6.45) is 4.71. The Balaban J connectivity index is 1.52. The Morgan fingerprint density at radius 3 is 2.75 bits per heavy atom. The van der Waals surface area contributed by atoms with Crippen LogP contribution < -0.4 is 10.2 Å². The third kappa shape index (κ3) is 3.09. The zero-order valence-corrected chi connectivity index (χ0v) is 17.1. The van der Waals surface area contributed by atoms with Crippen LogP contribution in [0.25, 0.3) is 5.57 Å². The maximum absolute atomic E-state index is 5.56. The highest BCUT2D eigenvalue weighted by molar-refractivity contribution is 8.00. The van der Waals surface area contributed by atoms with E-state index in [1.165, 1.54) is 38.8 Å². The third-order valence-electron chi connectivity index (χ3n) is 5.65. The van der Waals surface area contributed by atoms with E-state index in [2.05, 4.69) is 83.7 Å². The van der Waals surface area contributed by atoms with Crippen LogP contribution in [-0.2, 0) is 4.74 Å². The van der Waals surface area contributed by atoms with Gasteiger partial charge >= 0.3 is 0 Å². The fraction of sp³-hybridized carbons (Fsp3) is 0.304. The molecule has 0 amide bonds. The van der Waals surface area contributed by atoms with Gasteiger partial charge in [-0.1, -0.05) is 42.1 Å². The minimum absolute atomic E-state index is 0.241. The number of hydrogen-bond donors (Lipinski definition) is 1. The molecule has 0 aromatic heterocycles. The van der Waals surface area contributed by atoms with Crippen molar-refractivity contribution in [2.24, 2.45) is 0 Å². The van der Waals surface area contributed by atoms with Crippen molar-refractivity contribution in [2.75, 3.05) is 43.6 Å². The topological polar surface area (TPSA) is 27.7 Å². The number of thioether (sulfide) groups is 1. The van der Waals surface area contributed by atoms with E-state index in [4.69, 9.17) is 4.74 Å². The van der Waals surface area contributed by atoms with Gasteiger partial charge in [0.25, 0.3) is 0 Å². The fourth-order valence-electron chi connectivity index (χ4n) is 4.15. The number of ether oxygens (including phenoxy) is 1. The molecule has 1 N–H and O–H groups in total. The predicted molar refractivity (Wildman–Crippen MR) is 118 cm³/mol. The smallest absolute Gasteiger partial charge is 0.109 e. The van der Waals surface area contributed by atoms with Crippen LogP contribution in [0.4, 0.5) is 11.4 Å². The summed E-state index contributed by atoms with van der Waals surface area (Å²) in [5.74, 6) is 1.25. The standard InChI is InChI=1S/C23H25N3OS/c1-16-6-5-9-20-23(16)24-21(28-20)14-17-15-22(26-10-12-27-13-11-26)25(2)19-8-4-3-7-18(17)19/h3-9,14-15,21,24H,10-13H2,1-2H3. The Hall–Kier alpha value is -2.37. The molecule has 0 radical (unpaired) electrons. The summed E-state index contributed by atoms with van der Waals surface area (Å²) in [6, 6.07) is 15.2. The third-order valence-corrected chi connectivity index (χ3v) is 6.75. The molecule has 0 saturated carbocycles. The highest BCUT2D eigenvalue weighted by Gasteiger charge is 2.27. The molecule has 144 valence electrons. The van der Waals surface area contributed by atoms with Crippen molar-refractivity contribution in [2.45, 2.75) is 17.2 Å². The monoisotopic (exact) mass is 391 g/mol. The van der Waals surface area contributed by atoms with E-state index in [1.54, 1.807) is 0 Å². The van der Waals surface area contributed by atoms with E-state index in [1.807, 2.05) is 11.8 Å². The number of fused-ring (bicyclic) bond motifs is 2. The molecule has 5 heteroatoms. The average Bonchev–Trinajstić information content (AvgIpc) is 3.15. The summed E-state index contributed by atoms with van der Waals surface area (Å²) < 4.78 is 5.56. The minimum Gasteiger partial charge on any atom is -0.378 e. The number of rotatable bonds is 2. The van der Waals surface area contributed by atoms with Crippen molar-refractivity contribution in [1.29, 1.82) is 0 Å². The number of hydrogen-bond acceptors (Lipinski definition) is 5. The normalized spacial score (nSPS) is 22.6. The first-order chi connectivity index (χ1) is 13.7. The van der Waals surface area contributed by atoms with Gasteiger partial charge in [-0.15, -0.1) is 0 Å². The molecule has 5 rings (SSSR count). The van der Waals surface area contributed by atoms with Crippen LogP contribution >= 0.6 is 11.8 Å². The summed E-state index contributed by atoms with van der Waals surface area (Å²) in [7, 11) is 2.17. The summed E-state index contributed by atoms with van der Waals surface area (Å²) in [4.78, 5) is 6.08. The highest BCUT2D eigenvalue weighted by Crippen LogP contribution is 2.43. The molecule has 28 heavy (non-hydrogen) atoms. The zero-order chi connectivity index (χ0) is 19.1. The lowest BCUT2D eigenvalue weighted by Crippen LogP contribution is -2.42. The summed E-state index contributed by atoms with van der Waals surface area (Å²) in [5.41, 5.74) is 6.41. The van der Waals surface area contributed by atoms with Crippen LogP contribution in [0, 0.1) is 6.92 Å². The van der Waals surface area contributed by atoms with Crippen LogP contribution in [0.15, 0.2) is 65.3 Å². The lowest BCUT2D eigenvalue weighted by molar-refractivity contribution is 0.0526. The van der Waals surface area contributed by atoms with E-state index in [0.29, 0.717) is 0 Å². The summed E-state index contributed by atoms with van der Waals surface area (Å²) in [6.45, 7) is 5.63. The Bertz CT molecular complexity index is 962. The average molecular weight is 392 g/mol. The first-order valence-corrected chi connectivity index (χ1v) is 10.7. The number of morpholine rings is 1. The van der Waals surface area contributed by atoms with E-state index in [-0.39, 0.29) is 5.37 Å². The van der Waals surface area contributed by atoms with Crippen LogP contribution in [0.3, 0.4) is 0 Å². The predicted octanol–water partition coefficient (Wildman–Crippen LogP) is 4.55. The van der Waals surface area contributed by atoms with E-state index >= 15 is 0 Å². The lowest BCUT2D eigenvalue weighted by atomic mass is 9.98. The van der Waals surface area contributed by atoms with Crippen LogP contribution in [0.5, 0.6) is 0 Å². The number of aryl methyl sites for hydroxylation is 1. The lowest BCUT2D eigenvalue weighted by Gasteiger charge is -2.39. The molecule has 2 aromatic rings. The van der Waals surface area contributed by atoms with Crippen molar-refractivity contribution in [1.82, 2.24) is 4.90 Å². The highest BCUT2D eigenvalue weighted by atomic mass is 32.2. The number of para-hydroxylation sites is 2. The molecule has 3 heterocycles. The number of anilines is 2. The molecule has 1 atom stereocenters. The van der Waals surface area contributed by atoms with E-state index in [0.717, 1.165) is 26.3 Å².